The van der Waals surface area contributed by atoms with Crippen LogP contribution in [0.2, 0.25) is 0 Å². The Morgan fingerprint density at radius 1 is 1.19 bits per heavy atom. The van der Waals surface area contributed by atoms with Gasteiger partial charge in [0.05, 0.1) is 5.25 Å². The van der Waals surface area contributed by atoms with E-state index in [9.17, 15) is 8.42 Å². The molecule has 1 aliphatic carbocycles. The van der Waals surface area contributed by atoms with Crippen LogP contribution in [-0.4, -0.2) is 32.3 Å². The first kappa shape index (κ1) is 13.9. The molecule has 0 aromatic heterocycles. The third-order valence-electron chi connectivity index (χ3n) is 3.03. The number of rotatable bonds is 6. The molecular formula is C11H24N2O2S. The van der Waals surface area contributed by atoms with E-state index in [-0.39, 0.29) is 11.3 Å². The maximum absolute atomic E-state index is 11.9. The zero-order valence-electron chi connectivity index (χ0n) is 10.5. The highest BCUT2D eigenvalue weighted by Gasteiger charge is 2.26. The summed E-state index contributed by atoms with van der Waals surface area (Å²) in [7, 11) is -3.15. The van der Waals surface area contributed by atoms with Gasteiger partial charge in [-0.25, -0.2) is 13.1 Å². The molecule has 1 rings (SSSR count). The van der Waals surface area contributed by atoms with Crippen molar-refractivity contribution in [2.75, 3.05) is 6.54 Å². The first-order valence-corrected chi connectivity index (χ1v) is 7.71. The van der Waals surface area contributed by atoms with Crippen molar-refractivity contribution >= 4 is 10.0 Å². The average Bonchev–Trinajstić information content (AvgIpc) is 2.65. The molecule has 0 spiro atoms. The second-order valence-electron chi connectivity index (χ2n) is 5.02. The summed E-state index contributed by atoms with van der Waals surface area (Å²) in [5, 5.41) is 2.79. The second kappa shape index (κ2) is 5.98. The van der Waals surface area contributed by atoms with E-state index in [1.165, 1.54) is 0 Å². The third kappa shape index (κ3) is 4.39. The van der Waals surface area contributed by atoms with Crippen LogP contribution in [-0.2, 0) is 10.0 Å². The molecule has 1 atom stereocenters. The second-order valence-corrected chi connectivity index (χ2v) is 7.15. The fourth-order valence-corrected chi connectivity index (χ4v) is 3.15. The van der Waals surface area contributed by atoms with Crippen LogP contribution in [0.15, 0.2) is 0 Å². The standard InChI is InChI=1S/C11H24N2O2S/c1-9(2)12-8-10(3)16(14,15)13-11-6-4-5-7-11/h9-13H,4-8H2,1-3H3. The molecule has 4 nitrogen and oxygen atoms in total. The molecule has 0 aromatic rings. The maximum atomic E-state index is 11.9. The first-order valence-electron chi connectivity index (χ1n) is 6.16. The largest absolute Gasteiger partial charge is 0.313 e. The van der Waals surface area contributed by atoms with Crippen molar-refractivity contribution < 1.29 is 8.42 Å². The lowest BCUT2D eigenvalue weighted by Crippen LogP contribution is -2.43. The molecular weight excluding hydrogens is 224 g/mol. The van der Waals surface area contributed by atoms with Gasteiger partial charge in [-0.1, -0.05) is 26.7 Å². The summed E-state index contributed by atoms with van der Waals surface area (Å²) in [5.74, 6) is 0. The highest BCUT2D eigenvalue weighted by atomic mass is 32.2. The summed E-state index contributed by atoms with van der Waals surface area (Å²) in [6.07, 6.45) is 4.27. The van der Waals surface area contributed by atoms with Crippen LogP contribution < -0.4 is 10.0 Å². The molecule has 0 aromatic carbocycles. The predicted octanol–water partition coefficient (Wildman–Crippen LogP) is 1.23. The molecule has 0 heterocycles. The molecule has 2 N–H and O–H groups in total. The van der Waals surface area contributed by atoms with Gasteiger partial charge in [0.25, 0.3) is 0 Å². The number of hydrogen-bond donors (Lipinski definition) is 2. The van der Waals surface area contributed by atoms with Crippen LogP contribution in [0.3, 0.4) is 0 Å². The van der Waals surface area contributed by atoms with Gasteiger partial charge in [-0.15, -0.1) is 0 Å². The van der Waals surface area contributed by atoms with Crippen LogP contribution in [0, 0.1) is 0 Å². The Balaban J connectivity index is 2.42. The van der Waals surface area contributed by atoms with Gasteiger partial charge in [0.1, 0.15) is 0 Å². The van der Waals surface area contributed by atoms with E-state index in [1.807, 2.05) is 13.8 Å². The summed E-state index contributed by atoms with van der Waals surface area (Å²) in [5.41, 5.74) is 0. The Hall–Kier alpha value is -0.130. The van der Waals surface area contributed by atoms with Crippen molar-refractivity contribution in [2.24, 2.45) is 0 Å². The Morgan fingerprint density at radius 3 is 2.25 bits per heavy atom. The Labute approximate surface area is 99.2 Å². The monoisotopic (exact) mass is 248 g/mol. The summed E-state index contributed by atoms with van der Waals surface area (Å²) in [6, 6.07) is 0.496. The van der Waals surface area contributed by atoms with Crippen LogP contribution in [0.5, 0.6) is 0 Å². The number of sulfonamides is 1. The maximum Gasteiger partial charge on any atom is 0.215 e. The molecule has 16 heavy (non-hydrogen) atoms. The topological polar surface area (TPSA) is 58.2 Å². The van der Waals surface area contributed by atoms with Crippen molar-refractivity contribution in [1.29, 1.82) is 0 Å². The average molecular weight is 248 g/mol. The fraction of sp³-hybridized carbons (Fsp3) is 1.00. The molecule has 0 bridgehead atoms. The lowest BCUT2D eigenvalue weighted by molar-refractivity contribution is 0.523. The van der Waals surface area contributed by atoms with Gasteiger partial charge in [-0.3, -0.25) is 0 Å². The van der Waals surface area contributed by atoms with E-state index in [4.69, 9.17) is 0 Å². The predicted molar refractivity (Wildman–Crippen MR) is 66.9 cm³/mol. The quantitative estimate of drug-likeness (QED) is 0.743. The minimum absolute atomic E-state index is 0.173. The molecule has 0 aliphatic heterocycles. The number of hydrogen-bond acceptors (Lipinski definition) is 3. The lowest BCUT2D eigenvalue weighted by Gasteiger charge is -2.19. The van der Waals surface area contributed by atoms with Crippen molar-refractivity contribution in [3.63, 3.8) is 0 Å². The molecule has 1 aliphatic rings. The van der Waals surface area contributed by atoms with Gasteiger partial charge in [0.15, 0.2) is 0 Å². The Morgan fingerprint density at radius 2 is 1.75 bits per heavy atom. The molecule has 96 valence electrons. The summed E-state index contributed by atoms with van der Waals surface area (Å²) in [6.45, 7) is 6.31. The summed E-state index contributed by atoms with van der Waals surface area (Å²) < 4.78 is 26.7. The van der Waals surface area contributed by atoms with E-state index in [0.717, 1.165) is 25.7 Å². The Bertz CT molecular complexity index is 295. The van der Waals surface area contributed by atoms with Gasteiger partial charge < -0.3 is 5.32 Å². The van der Waals surface area contributed by atoms with Gasteiger partial charge in [0.2, 0.25) is 10.0 Å². The molecule has 0 saturated heterocycles. The van der Waals surface area contributed by atoms with E-state index in [2.05, 4.69) is 10.0 Å². The SMILES string of the molecule is CC(C)NCC(C)S(=O)(=O)NC1CCCC1. The normalized spacial score (nSPS) is 20.5. The van der Waals surface area contributed by atoms with Crippen LogP contribution in [0.1, 0.15) is 46.5 Å². The zero-order valence-corrected chi connectivity index (χ0v) is 11.3. The highest BCUT2D eigenvalue weighted by molar-refractivity contribution is 7.90. The van der Waals surface area contributed by atoms with Crippen LogP contribution >= 0.6 is 0 Å². The van der Waals surface area contributed by atoms with Crippen molar-refractivity contribution in [1.82, 2.24) is 10.0 Å². The minimum atomic E-state index is -3.15. The smallest absolute Gasteiger partial charge is 0.215 e. The molecule has 0 amide bonds. The van der Waals surface area contributed by atoms with E-state index in [0.29, 0.717) is 12.6 Å². The molecule has 1 unspecified atom stereocenters. The van der Waals surface area contributed by atoms with Crippen molar-refractivity contribution in [3.8, 4) is 0 Å². The lowest BCUT2D eigenvalue weighted by atomic mass is 10.3. The van der Waals surface area contributed by atoms with Gasteiger partial charge >= 0.3 is 0 Å². The Kier molecular flexibility index (Phi) is 5.21. The van der Waals surface area contributed by atoms with E-state index < -0.39 is 10.0 Å². The summed E-state index contributed by atoms with van der Waals surface area (Å²) in [4.78, 5) is 0. The first-order chi connectivity index (χ1) is 7.42. The van der Waals surface area contributed by atoms with Crippen molar-refractivity contribution in [2.45, 2.75) is 63.8 Å². The van der Waals surface area contributed by atoms with E-state index >= 15 is 0 Å². The highest BCUT2D eigenvalue weighted by Crippen LogP contribution is 2.19. The van der Waals surface area contributed by atoms with Gasteiger partial charge in [-0.05, 0) is 19.8 Å². The zero-order chi connectivity index (χ0) is 12.2. The van der Waals surface area contributed by atoms with Gasteiger partial charge in [0, 0.05) is 18.6 Å². The minimum Gasteiger partial charge on any atom is -0.313 e. The third-order valence-corrected chi connectivity index (χ3v) is 4.92. The fourth-order valence-electron chi connectivity index (χ4n) is 1.90. The number of nitrogens with one attached hydrogen (secondary N) is 2. The molecule has 0 radical (unpaired) electrons. The summed E-state index contributed by atoms with van der Waals surface area (Å²) >= 11 is 0. The van der Waals surface area contributed by atoms with Crippen LogP contribution in [0.25, 0.3) is 0 Å². The van der Waals surface area contributed by atoms with Gasteiger partial charge in [-0.2, -0.15) is 0 Å². The molecule has 1 saturated carbocycles. The molecule has 5 heteroatoms. The molecule has 1 fully saturated rings. The van der Waals surface area contributed by atoms with E-state index in [1.54, 1.807) is 6.92 Å². The van der Waals surface area contributed by atoms with Crippen LogP contribution in [0.4, 0.5) is 0 Å². The van der Waals surface area contributed by atoms with Crippen molar-refractivity contribution in [3.05, 3.63) is 0 Å².